The van der Waals surface area contributed by atoms with E-state index in [2.05, 4.69) is 31.3 Å². The molecular weight excluding hydrogens is 767 g/mol. The van der Waals surface area contributed by atoms with Gasteiger partial charge in [0.15, 0.2) is 6.29 Å². The molecule has 1 amide bonds. The monoisotopic (exact) mass is 866 g/mol. The lowest BCUT2D eigenvalue weighted by atomic mass is 9.99. The van der Waals surface area contributed by atoms with Crippen LogP contribution in [0.3, 0.4) is 0 Å². The third kappa shape index (κ3) is 32.9. The predicted octanol–water partition coefficient (Wildman–Crippen LogP) is 11.8. The molecule has 1 rings (SSSR count). The van der Waals surface area contributed by atoms with Gasteiger partial charge in [-0.15, -0.1) is 0 Å². The van der Waals surface area contributed by atoms with Crippen molar-refractivity contribution in [3.8, 4) is 0 Å². The first-order valence-electron chi connectivity index (χ1n) is 26.1. The Bertz CT molecular complexity index is 1010. The third-order valence-corrected chi connectivity index (χ3v) is 12.5. The van der Waals surface area contributed by atoms with E-state index in [1.807, 2.05) is 6.08 Å². The molecule has 1 saturated heterocycles. The third-order valence-electron chi connectivity index (χ3n) is 12.5. The van der Waals surface area contributed by atoms with E-state index in [9.17, 15) is 30.3 Å². The van der Waals surface area contributed by atoms with Gasteiger partial charge in [0.1, 0.15) is 24.4 Å². The number of carbonyl (C=O) groups excluding carboxylic acids is 1. The fraction of sp³-hybridized carbons (Fsp3) is 0.904. The maximum Gasteiger partial charge on any atom is 0.220 e. The van der Waals surface area contributed by atoms with Crippen LogP contribution in [0.15, 0.2) is 24.3 Å². The summed E-state index contributed by atoms with van der Waals surface area (Å²) in [7, 11) is 0. The topological polar surface area (TPSA) is 149 Å². The van der Waals surface area contributed by atoms with Gasteiger partial charge >= 0.3 is 0 Å². The van der Waals surface area contributed by atoms with E-state index >= 15 is 0 Å². The summed E-state index contributed by atoms with van der Waals surface area (Å²) in [5.74, 6) is -0.187. The van der Waals surface area contributed by atoms with Crippen molar-refractivity contribution in [2.75, 3.05) is 13.2 Å². The second-order valence-corrected chi connectivity index (χ2v) is 18.3. The molecule has 1 aliphatic heterocycles. The van der Waals surface area contributed by atoms with Gasteiger partial charge in [-0.2, -0.15) is 0 Å². The highest BCUT2D eigenvalue weighted by atomic mass is 16.7. The molecule has 0 bridgehead atoms. The summed E-state index contributed by atoms with van der Waals surface area (Å²) in [6.45, 7) is 3.76. The molecule has 1 aliphatic rings. The summed E-state index contributed by atoms with van der Waals surface area (Å²) in [4.78, 5) is 12.9. The summed E-state index contributed by atoms with van der Waals surface area (Å²) in [6, 6.07) is -0.816. The lowest BCUT2D eigenvalue weighted by molar-refractivity contribution is -0.302. The number of hydrogen-bond donors (Lipinski definition) is 6. The summed E-state index contributed by atoms with van der Waals surface area (Å²) >= 11 is 0. The number of ether oxygens (including phenoxy) is 2. The van der Waals surface area contributed by atoms with Crippen LogP contribution < -0.4 is 5.32 Å². The zero-order chi connectivity index (χ0) is 44.4. The summed E-state index contributed by atoms with van der Waals surface area (Å²) in [5, 5.41) is 54.2. The highest BCUT2D eigenvalue weighted by Gasteiger charge is 2.44. The molecule has 0 aliphatic carbocycles. The van der Waals surface area contributed by atoms with E-state index in [-0.39, 0.29) is 12.5 Å². The smallest absolute Gasteiger partial charge is 0.220 e. The van der Waals surface area contributed by atoms with E-state index in [4.69, 9.17) is 9.47 Å². The fourth-order valence-corrected chi connectivity index (χ4v) is 8.35. The first-order valence-corrected chi connectivity index (χ1v) is 26.1. The molecule has 0 spiro atoms. The molecule has 7 atom stereocenters. The molecule has 1 fully saturated rings. The molecule has 1 heterocycles. The van der Waals surface area contributed by atoms with Crippen molar-refractivity contribution in [1.82, 2.24) is 5.32 Å². The number of allylic oxidation sites excluding steroid dienone is 3. The van der Waals surface area contributed by atoms with Crippen molar-refractivity contribution in [2.24, 2.45) is 0 Å². The maximum absolute atomic E-state index is 12.9. The number of nitrogens with one attached hydrogen (secondary N) is 1. The molecule has 0 aromatic carbocycles. The molecule has 7 unspecified atom stereocenters. The van der Waals surface area contributed by atoms with E-state index < -0.39 is 49.5 Å². The number of rotatable bonds is 44. The van der Waals surface area contributed by atoms with Gasteiger partial charge in [-0.25, -0.2) is 0 Å². The van der Waals surface area contributed by atoms with Crippen LogP contribution in [0.25, 0.3) is 0 Å². The van der Waals surface area contributed by atoms with Gasteiger partial charge in [0.2, 0.25) is 5.91 Å². The van der Waals surface area contributed by atoms with Crippen LogP contribution in [-0.4, -0.2) is 87.5 Å². The molecule has 6 N–H and O–H groups in total. The number of unbranched alkanes of at least 4 members (excludes halogenated alkanes) is 32. The average molecular weight is 866 g/mol. The van der Waals surface area contributed by atoms with Crippen molar-refractivity contribution >= 4 is 5.91 Å². The van der Waals surface area contributed by atoms with Gasteiger partial charge < -0.3 is 40.3 Å². The lowest BCUT2D eigenvalue weighted by Gasteiger charge is -2.40. The molecule has 9 heteroatoms. The number of aliphatic hydroxyl groups excluding tert-OH is 5. The van der Waals surface area contributed by atoms with Crippen LogP contribution in [0.1, 0.15) is 245 Å². The highest BCUT2D eigenvalue weighted by Crippen LogP contribution is 2.23. The SMILES string of the molecule is CCCCCCCCCCCCCCCCCCCCCCCC/C=C/CC/C=C/C(O)C(COC1OC(CO)C(O)C(O)C1O)NC(=O)CCCCCCCCCCCC. The molecular formula is C52H99NO8. The van der Waals surface area contributed by atoms with E-state index in [1.165, 1.54) is 186 Å². The zero-order valence-electron chi connectivity index (χ0n) is 39.7. The Kier molecular flexibility index (Phi) is 40.3. The lowest BCUT2D eigenvalue weighted by Crippen LogP contribution is -2.60. The predicted molar refractivity (Wildman–Crippen MR) is 253 cm³/mol. The Morgan fingerprint density at radius 1 is 0.541 bits per heavy atom. The van der Waals surface area contributed by atoms with Crippen LogP contribution >= 0.6 is 0 Å². The van der Waals surface area contributed by atoms with E-state index in [0.717, 1.165) is 38.5 Å². The van der Waals surface area contributed by atoms with Crippen molar-refractivity contribution in [3.05, 3.63) is 24.3 Å². The van der Waals surface area contributed by atoms with Gasteiger partial charge in [0, 0.05) is 6.42 Å². The quantitative estimate of drug-likeness (QED) is 0.0262. The number of carbonyl (C=O) groups is 1. The summed E-state index contributed by atoms with van der Waals surface area (Å²) < 4.78 is 11.2. The molecule has 0 aromatic heterocycles. The summed E-state index contributed by atoms with van der Waals surface area (Å²) in [6.07, 6.45) is 45.5. The number of amides is 1. The molecule has 360 valence electrons. The van der Waals surface area contributed by atoms with Crippen LogP contribution in [0.2, 0.25) is 0 Å². The van der Waals surface area contributed by atoms with Crippen molar-refractivity contribution in [2.45, 2.75) is 288 Å². The number of aliphatic hydroxyl groups is 5. The fourth-order valence-electron chi connectivity index (χ4n) is 8.35. The molecule has 0 aromatic rings. The minimum atomic E-state index is -1.57. The van der Waals surface area contributed by atoms with Crippen LogP contribution in [0.5, 0.6) is 0 Å². The first-order chi connectivity index (χ1) is 29.8. The Morgan fingerprint density at radius 2 is 0.934 bits per heavy atom. The average Bonchev–Trinajstić information content (AvgIpc) is 3.26. The van der Waals surface area contributed by atoms with Crippen LogP contribution in [-0.2, 0) is 14.3 Å². The van der Waals surface area contributed by atoms with E-state index in [1.54, 1.807) is 6.08 Å². The second-order valence-electron chi connectivity index (χ2n) is 18.3. The molecule has 0 saturated carbocycles. The first kappa shape index (κ1) is 57.7. The highest BCUT2D eigenvalue weighted by molar-refractivity contribution is 5.76. The van der Waals surface area contributed by atoms with Gasteiger partial charge in [0.05, 0.1) is 25.4 Å². The largest absolute Gasteiger partial charge is 0.394 e. The van der Waals surface area contributed by atoms with Crippen molar-refractivity contribution in [1.29, 1.82) is 0 Å². The van der Waals surface area contributed by atoms with Gasteiger partial charge in [-0.3, -0.25) is 4.79 Å². The minimum Gasteiger partial charge on any atom is -0.394 e. The van der Waals surface area contributed by atoms with Crippen LogP contribution in [0, 0.1) is 0 Å². The molecule has 61 heavy (non-hydrogen) atoms. The maximum atomic E-state index is 12.9. The molecule has 9 nitrogen and oxygen atoms in total. The van der Waals surface area contributed by atoms with E-state index in [0.29, 0.717) is 6.42 Å². The van der Waals surface area contributed by atoms with Crippen molar-refractivity contribution < 1.29 is 39.8 Å². The normalized spacial score (nSPS) is 20.5. The Morgan fingerprint density at radius 3 is 1.38 bits per heavy atom. The van der Waals surface area contributed by atoms with Gasteiger partial charge in [-0.05, 0) is 32.1 Å². The van der Waals surface area contributed by atoms with Gasteiger partial charge in [-0.1, -0.05) is 231 Å². The van der Waals surface area contributed by atoms with Crippen molar-refractivity contribution in [3.63, 3.8) is 0 Å². The minimum absolute atomic E-state index is 0.187. The zero-order valence-corrected chi connectivity index (χ0v) is 39.7. The van der Waals surface area contributed by atoms with Gasteiger partial charge in [0.25, 0.3) is 0 Å². The summed E-state index contributed by atoms with van der Waals surface area (Å²) in [5.41, 5.74) is 0. The number of hydrogen-bond acceptors (Lipinski definition) is 8. The van der Waals surface area contributed by atoms with Crippen LogP contribution in [0.4, 0.5) is 0 Å². The Hall–Kier alpha value is -1.33. The Balaban J connectivity index is 2.20. The standard InChI is InChI=1S/C52H99NO8/c1-3-5-7-9-11-13-15-16-17-18-19-20-21-22-23-24-25-26-27-28-29-30-31-32-33-35-37-39-41-46(55)45(44-60-52-51(59)50(58)49(57)47(43-54)61-52)53-48(56)42-40-38-36-34-14-12-10-8-6-4-2/h32-33,39,41,45-47,49-52,54-55,57-59H,3-31,34-38,40,42-44H2,1-2H3,(H,53,56)/b33-32+,41-39+. The Labute approximate surface area is 375 Å². The molecule has 0 radical (unpaired) electrons. The second kappa shape index (κ2) is 42.6.